The Balaban J connectivity index is 2.56. The summed E-state index contributed by atoms with van der Waals surface area (Å²) in [6, 6.07) is 6.29. The van der Waals surface area contributed by atoms with E-state index in [-0.39, 0.29) is 6.61 Å². The third-order valence-corrected chi connectivity index (χ3v) is 1.86. The normalized spacial score (nSPS) is 9.59. The smallest absolute Gasteiger partial charge is 0.414 e. The molecule has 0 heterocycles. The number of halogens is 1. The van der Waals surface area contributed by atoms with E-state index in [2.05, 4.69) is 0 Å². The van der Waals surface area contributed by atoms with Crippen LogP contribution in [0.3, 0.4) is 0 Å². The minimum atomic E-state index is -0.576. The first-order valence-electron chi connectivity index (χ1n) is 4.79. The third-order valence-electron chi connectivity index (χ3n) is 1.75. The Morgan fingerprint density at radius 3 is 2.18 bits per heavy atom. The van der Waals surface area contributed by atoms with Gasteiger partial charge in [0.2, 0.25) is 0 Å². The average Bonchev–Trinajstić information content (AvgIpc) is 2.28. The number of nitrogens with zero attached hydrogens (tertiary/aromatic N) is 1. The van der Waals surface area contributed by atoms with Crippen LogP contribution >= 0.6 is 11.6 Å². The van der Waals surface area contributed by atoms with E-state index in [0.29, 0.717) is 11.5 Å². The second-order valence-electron chi connectivity index (χ2n) is 3.38. The van der Waals surface area contributed by atoms with E-state index in [1.807, 2.05) is 0 Å². The molecule has 0 bridgehead atoms. The van der Waals surface area contributed by atoms with Gasteiger partial charge in [-0.05, 0) is 35.9 Å². The van der Waals surface area contributed by atoms with Crippen molar-refractivity contribution in [3.63, 3.8) is 0 Å². The van der Waals surface area contributed by atoms with Crippen LogP contribution in [0.5, 0.6) is 11.5 Å². The first kappa shape index (κ1) is 13.3. The Hall–Kier alpha value is -1.75. The first-order valence-corrected chi connectivity index (χ1v) is 5.17. The standard InChI is InChI=1S/C11H12ClNO4/c1-13(2)11(15)17-9-5-3-8(4-6-9)16-7-10(12)14/h3-6H,7H2,1-2H3. The molecule has 0 aliphatic heterocycles. The number of ether oxygens (including phenoxy) is 2. The van der Waals surface area contributed by atoms with Crippen LogP contribution in [0.2, 0.25) is 0 Å². The van der Waals surface area contributed by atoms with Crippen molar-refractivity contribution >= 4 is 22.9 Å². The maximum Gasteiger partial charge on any atom is 0.414 e. The number of hydrogen-bond acceptors (Lipinski definition) is 4. The summed E-state index contributed by atoms with van der Waals surface area (Å²) in [6.07, 6.45) is -0.463. The Labute approximate surface area is 104 Å². The van der Waals surface area contributed by atoms with E-state index < -0.39 is 11.3 Å². The van der Waals surface area contributed by atoms with Gasteiger partial charge in [-0.15, -0.1) is 0 Å². The lowest BCUT2D eigenvalue weighted by atomic mass is 10.3. The van der Waals surface area contributed by atoms with Gasteiger partial charge in [0.15, 0.2) is 6.61 Å². The summed E-state index contributed by atoms with van der Waals surface area (Å²) in [5.41, 5.74) is 0. The monoisotopic (exact) mass is 257 g/mol. The molecule has 0 aliphatic rings. The second-order valence-corrected chi connectivity index (χ2v) is 3.80. The summed E-state index contributed by atoms with van der Waals surface area (Å²) in [5, 5.41) is -0.576. The van der Waals surface area contributed by atoms with Gasteiger partial charge in [-0.1, -0.05) is 0 Å². The van der Waals surface area contributed by atoms with Crippen molar-refractivity contribution in [2.24, 2.45) is 0 Å². The Morgan fingerprint density at radius 2 is 1.71 bits per heavy atom. The summed E-state index contributed by atoms with van der Waals surface area (Å²) in [7, 11) is 3.18. The Bertz CT molecular complexity index is 402. The summed E-state index contributed by atoms with van der Waals surface area (Å²) in [5.74, 6) is 0.872. The molecule has 6 heteroatoms. The Morgan fingerprint density at radius 1 is 1.18 bits per heavy atom. The van der Waals surface area contributed by atoms with Crippen molar-refractivity contribution in [3.8, 4) is 11.5 Å². The highest BCUT2D eigenvalue weighted by Gasteiger charge is 2.06. The van der Waals surface area contributed by atoms with E-state index in [1.165, 1.54) is 4.90 Å². The molecule has 1 aromatic carbocycles. The van der Waals surface area contributed by atoms with Crippen molar-refractivity contribution in [2.75, 3.05) is 20.7 Å². The molecule has 5 nitrogen and oxygen atoms in total. The van der Waals surface area contributed by atoms with Crippen molar-refractivity contribution in [3.05, 3.63) is 24.3 Å². The van der Waals surface area contributed by atoms with Gasteiger partial charge in [-0.25, -0.2) is 4.79 Å². The summed E-state index contributed by atoms with van der Waals surface area (Å²) >= 11 is 5.12. The van der Waals surface area contributed by atoms with Crippen LogP contribution < -0.4 is 9.47 Å². The molecule has 1 amide bonds. The van der Waals surface area contributed by atoms with Gasteiger partial charge in [0.25, 0.3) is 5.24 Å². The van der Waals surface area contributed by atoms with Crippen LogP contribution in [0.4, 0.5) is 4.79 Å². The van der Waals surface area contributed by atoms with Crippen LogP contribution in [-0.2, 0) is 4.79 Å². The van der Waals surface area contributed by atoms with Gasteiger partial charge in [0.05, 0.1) is 0 Å². The molecule has 17 heavy (non-hydrogen) atoms. The average molecular weight is 258 g/mol. The van der Waals surface area contributed by atoms with E-state index in [9.17, 15) is 9.59 Å². The number of benzene rings is 1. The molecule has 0 saturated carbocycles. The molecule has 0 atom stereocenters. The molecule has 0 spiro atoms. The van der Waals surface area contributed by atoms with Crippen LogP contribution in [-0.4, -0.2) is 36.9 Å². The van der Waals surface area contributed by atoms with Crippen molar-refractivity contribution < 1.29 is 19.1 Å². The second kappa shape index (κ2) is 6.10. The molecule has 92 valence electrons. The highest BCUT2D eigenvalue weighted by molar-refractivity contribution is 6.63. The van der Waals surface area contributed by atoms with Crippen molar-refractivity contribution in [1.29, 1.82) is 0 Å². The molecule has 0 radical (unpaired) electrons. The minimum Gasteiger partial charge on any atom is -0.484 e. The predicted octanol–water partition coefficient (Wildman–Crippen LogP) is 1.89. The summed E-state index contributed by atoms with van der Waals surface area (Å²) in [4.78, 5) is 23.0. The fourth-order valence-electron chi connectivity index (χ4n) is 0.936. The zero-order chi connectivity index (χ0) is 12.8. The highest BCUT2D eigenvalue weighted by Crippen LogP contribution is 2.18. The van der Waals surface area contributed by atoms with Gasteiger partial charge in [-0.3, -0.25) is 4.79 Å². The van der Waals surface area contributed by atoms with E-state index in [1.54, 1.807) is 38.4 Å². The number of hydrogen-bond donors (Lipinski definition) is 0. The van der Waals surface area contributed by atoms with Gasteiger partial charge >= 0.3 is 6.09 Å². The highest BCUT2D eigenvalue weighted by atomic mass is 35.5. The molecule has 1 aromatic rings. The molecule has 0 N–H and O–H groups in total. The van der Waals surface area contributed by atoms with Crippen LogP contribution in [0.25, 0.3) is 0 Å². The largest absolute Gasteiger partial charge is 0.484 e. The predicted molar refractivity (Wildman–Crippen MR) is 62.5 cm³/mol. The SMILES string of the molecule is CN(C)C(=O)Oc1ccc(OCC(=O)Cl)cc1. The van der Waals surface area contributed by atoms with E-state index in [0.717, 1.165) is 0 Å². The number of rotatable bonds is 4. The molecular weight excluding hydrogens is 246 g/mol. The third kappa shape index (κ3) is 4.74. The number of amides is 1. The van der Waals surface area contributed by atoms with Gasteiger partial charge in [0.1, 0.15) is 11.5 Å². The first-order chi connectivity index (χ1) is 7.99. The van der Waals surface area contributed by atoms with Crippen LogP contribution in [0.15, 0.2) is 24.3 Å². The number of carbonyl (C=O) groups is 2. The maximum absolute atomic E-state index is 11.2. The van der Waals surface area contributed by atoms with Gasteiger partial charge in [0, 0.05) is 14.1 Å². The van der Waals surface area contributed by atoms with Crippen molar-refractivity contribution in [2.45, 2.75) is 0 Å². The lowest BCUT2D eigenvalue weighted by Gasteiger charge is -2.10. The summed E-state index contributed by atoms with van der Waals surface area (Å²) in [6.45, 7) is -0.196. The zero-order valence-corrected chi connectivity index (χ0v) is 10.2. The topological polar surface area (TPSA) is 55.8 Å². The fraction of sp³-hybridized carbons (Fsp3) is 0.273. The lowest BCUT2D eigenvalue weighted by Crippen LogP contribution is -2.25. The fourth-order valence-corrected chi connectivity index (χ4v) is 0.991. The summed E-state index contributed by atoms with van der Waals surface area (Å²) < 4.78 is 10.0. The van der Waals surface area contributed by atoms with Crippen LogP contribution in [0.1, 0.15) is 0 Å². The molecule has 0 aliphatic carbocycles. The zero-order valence-electron chi connectivity index (χ0n) is 9.47. The molecular formula is C11H12ClNO4. The Kier molecular flexibility index (Phi) is 4.78. The molecule has 0 unspecified atom stereocenters. The van der Waals surface area contributed by atoms with E-state index in [4.69, 9.17) is 21.1 Å². The minimum absolute atomic E-state index is 0.196. The van der Waals surface area contributed by atoms with E-state index >= 15 is 0 Å². The van der Waals surface area contributed by atoms with Gasteiger partial charge in [-0.2, -0.15) is 0 Å². The lowest BCUT2D eigenvalue weighted by molar-refractivity contribution is -0.113. The number of carbonyl (C=O) groups excluding carboxylic acids is 2. The molecule has 0 saturated heterocycles. The van der Waals surface area contributed by atoms with Gasteiger partial charge < -0.3 is 14.4 Å². The van der Waals surface area contributed by atoms with Crippen LogP contribution in [0, 0.1) is 0 Å². The molecule has 0 aromatic heterocycles. The maximum atomic E-state index is 11.2. The van der Waals surface area contributed by atoms with Crippen molar-refractivity contribution in [1.82, 2.24) is 4.90 Å². The molecule has 0 fully saturated rings. The molecule has 1 rings (SSSR count). The quantitative estimate of drug-likeness (QED) is 0.773.